The Morgan fingerprint density at radius 1 is 1.11 bits per heavy atom. The van der Waals surface area contributed by atoms with E-state index in [0.717, 1.165) is 29.3 Å². The number of aryl methyl sites for hydroxylation is 1. The fourth-order valence-electron chi connectivity index (χ4n) is 5.10. The zero-order valence-corrected chi connectivity index (χ0v) is 21.7. The summed E-state index contributed by atoms with van der Waals surface area (Å²) in [5, 5.41) is 8.79. The third-order valence-electron chi connectivity index (χ3n) is 7.07. The average molecular weight is 513 g/mol. The number of nitrogens with zero attached hydrogens (tertiary/aromatic N) is 6. The van der Waals surface area contributed by atoms with Crippen LogP contribution >= 0.6 is 11.3 Å². The number of fused-ring (bicyclic) bond motifs is 4. The number of piperazine rings is 1. The first-order valence-corrected chi connectivity index (χ1v) is 14.4. The predicted octanol–water partition coefficient (Wildman–Crippen LogP) is 3.99. The number of hydrogen-bond acceptors (Lipinski definition) is 9. The number of thiophene rings is 1. The molecule has 4 heterocycles. The second kappa shape index (κ2) is 8.49. The Hall–Kier alpha value is -2.63. The van der Waals surface area contributed by atoms with Crippen molar-refractivity contribution in [2.45, 2.75) is 50.8 Å². The predicted molar refractivity (Wildman–Crippen MR) is 135 cm³/mol. The molecule has 2 aliphatic rings. The molecule has 0 bridgehead atoms. The summed E-state index contributed by atoms with van der Waals surface area (Å²) in [6.45, 7) is 8.42. The normalized spacial score (nSPS) is 19.7. The van der Waals surface area contributed by atoms with Crippen molar-refractivity contribution >= 4 is 48.4 Å². The van der Waals surface area contributed by atoms with E-state index in [-0.39, 0.29) is 16.3 Å². The molecule has 11 heteroatoms. The number of hydrogen-bond donors (Lipinski definition) is 0. The van der Waals surface area contributed by atoms with Crippen LogP contribution in [0.15, 0.2) is 27.7 Å². The zero-order valence-electron chi connectivity index (χ0n) is 20.1. The maximum absolute atomic E-state index is 13.5. The number of aromatic nitrogens is 4. The van der Waals surface area contributed by atoms with Gasteiger partial charge >= 0.3 is 0 Å². The van der Waals surface area contributed by atoms with Crippen LogP contribution in [0.2, 0.25) is 0 Å². The summed E-state index contributed by atoms with van der Waals surface area (Å²) in [7, 11) is -3.72. The molecule has 6 rings (SSSR count). The lowest BCUT2D eigenvalue weighted by Crippen LogP contribution is -2.49. The van der Waals surface area contributed by atoms with Crippen molar-refractivity contribution in [3.05, 3.63) is 34.5 Å². The van der Waals surface area contributed by atoms with Crippen molar-refractivity contribution in [1.29, 1.82) is 0 Å². The monoisotopic (exact) mass is 512 g/mol. The highest BCUT2D eigenvalue weighted by atomic mass is 32.2. The van der Waals surface area contributed by atoms with Crippen LogP contribution in [-0.2, 0) is 22.9 Å². The van der Waals surface area contributed by atoms with Gasteiger partial charge in [0.2, 0.25) is 10.0 Å². The van der Waals surface area contributed by atoms with Gasteiger partial charge in [-0.3, -0.25) is 0 Å². The van der Waals surface area contributed by atoms with E-state index in [1.807, 2.05) is 11.3 Å². The van der Waals surface area contributed by atoms with Gasteiger partial charge in [-0.15, -0.1) is 11.3 Å². The van der Waals surface area contributed by atoms with E-state index in [1.165, 1.54) is 26.6 Å². The Bertz CT molecular complexity index is 1520. The maximum Gasteiger partial charge on any atom is 0.245 e. The summed E-state index contributed by atoms with van der Waals surface area (Å²) in [6.07, 6.45) is 3.33. The SMILES string of the molecule is CC(C)c1nc(N2CCN(S(=O)(=O)c3cccc4nonc34)CC2)c2c3c(sc2n1)C[C@H](C)CC3. The molecule has 1 aliphatic heterocycles. The van der Waals surface area contributed by atoms with Crippen molar-refractivity contribution in [1.82, 2.24) is 24.6 Å². The minimum atomic E-state index is -3.72. The molecular weight excluding hydrogens is 484 g/mol. The van der Waals surface area contributed by atoms with Gasteiger partial charge in [0.25, 0.3) is 0 Å². The molecule has 0 unspecified atom stereocenters. The van der Waals surface area contributed by atoms with E-state index in [2.05, 4.69) is 36.0 Å². The van der Waals surface area contributed by atoms with Crippen molar-refractivity contribution in [2.75, 3.05) is 31.1 Å². The molecule has 35 heavy (non-hydrogen) atoms. The number of sulfonamides is 1. The van der Waals surface area contributed by atoms with Gasteiger partial charge in [-0.2, -0.15) is 4.31 Å². The highest BCUT2D eigenvalue weighted by Crippen LogP contribution is 2.42. The standard InChI is InChI=1S/C24H28N6O3S2/c1-14(2)22-25-23(20-16-8-7-15(3)13-18(16)34-24(20)26-22)29-9-11-30(12-10-29)35(31,32)19-6-4-5-17-21(19)28-33-27-17/h4-6,14-15H,7-13H2,1-3H3/t15-/m1/s1. The Balaban J connectivity index is 1.33. The summed E-state index contributed by atoms with van der Waals surface area (Å²) in [4.78, 5) is 14.8. The zero-order chi connectivity index (χ0) is 24.3. The molecule has 4 aromatic rings. The fraction of sp³-hybridized carbons (Fsp3) is 0.500. The molecule has 0 radical (unpaired) electrons. The van der Waals surface area contributed by atoms with Crippen LogP contribution < -0.4 is 4.90 Å². The molecular formula is C24H28N6O3S2. The molecule has 184 valence electrons. The smallest absolute Gasteiger partial charge is 0.245 e. The highest BCUT2D eigenvalue weighted by molar-refractivity contribution is 7.89. The lowest BCUT2D eigenvalue weighted by atomic mass is 9.89. The van der Waals surface area contributed by atoms with Gasteiger partial charge in [0.1, 0.15) is 26.9 Å². The average Bonchev–Trinajstić information content (AvgIpc) is 3.47. The van der Waals surface area contributed by atoms with Gasteiger partial charge in [-0.1, -0.05) is 26.8 Å². The van der Waals surface area contributed by atoms with Crippen LogP contribution in [0, 0.1) is 5.92 Å². The summed E-state index contributed by atoms with van der Waals surface area (Å²) in [6, 6.07) is 4.93. The number of benzene rings is 1. The Morgan fingerprint density at radius 2 is 1.91 bits per heavy atom. The van der Waals surface area contributed by atoms with Crippen molar-refractivity contribution in [2.24, 2.45) is 5.92 Å². The van der Waals surface area contributed by atoms with E-state index in [4.69, 9.17) is 14.6 Å². The fourth-order valence-corrected chi connectivity index (χ4v) is 8.04. The molecule has 0 amide bonds. The van der Waals surface area contributed by atoms with Crippen LogP contribution in [0.3, 0.4) is 0 Å². The molecule has 0 saturated carbocycles. The van der Waals surface area contributed by atoms with Crippen LogP contribution in [-0.4, -0.2) is 59.2 Å². The first-order chi connectivity index (χ1) is 16.8. The molecule has 1 aromatic carbocycles. The van der Waals surface area contributed by atoms with Gasteiger partial charge in [-0.05, 0) is 53.2 Å². The largest absolute Gasteiger partial charge is 0.353 e. The Labute approximate surface area is 208 Å². The summed E-state index contributed by atoms with van der Waals surface area (Å²) < 4.78 is 33.2. The molecule has 1 atom stereocenters. The first-order valence-electron chi connectivity index (χ1n) is 12.1. The third kappa shape index (κ3) is 3.80. The third-order valence-corrected chi connectivity index (χ3v) is 10.2. The minimum Gasteiger partial charge on any atom is -0.353 e. The van der Waals surface area contributed by atoms with Crippen LogP contribution in [0.5, 0.6) is 0 Å². The molecule has 3 aromatic heterocycles. The Morgan fingerprint density at radius 3 is 2.69 bits per heavy atom. The lowest BCUT2D eigenvalue weighted by molar-refractivity contribution is 0.315. The summed E-state index contributed by atoms with van der Waals surface area (Å²) in [5.41, 5.74) is 2.10. The molecule has 1 saturated heterocycles. The van der Waals surface area contributed by atoms with Gasteiger partial charge in [0.15, 0.2) is 5.52 Å². The molecule has 1 fully saturated rings. The number of rotatable bonds is 4. The van der Waals surface area contributed by atoms with E-state index in [0.29, 0.717) is 37.6 Å². The first kappa shape index (κ1) is 22.8. The van der Waals surface area contributed by atoms with Gasteiger partial charge in [0.05, 0.1) is 5.39 Å². The van der Waals surface area contributed by atoms with E-state index in [9.17, 15) is 8.42 Å². The lowest BCUT2D eigenvalue weighted by Gasteiger charge is -2.35. The summed E-state index contributed by atoms with van der Waals surface area (Å²) >= 11 is 1.81. The molecule has 9 nitrogen and oxygen atoms in total. The van der Waals surface area contributed by atoms with Gasteiger partial charge < -0.3 is 4.90 Å². The van der Waals surface area contributed by atoms with Crippen molar-refractivity contribution in [3.63, 3.8) is 0 Å². The number of anilines is 1. The van der Waals surface area contributed by atoms with Crippen molar-refractivity contribution < 1.29 is 13.0 Å². The van der Waals surface area contributed by atoms with E-state index < -0.39 is 10.0 Å². The van der Waals surface area contributed by atoms with Crippen LogP contribution in [0.4, 0.5) is 5.82 Å². The summed E-state index contributed by atoms with van der Waals surface area (Å²) in [5.74, 6) is 2.72. The Kier molecular flexibility index (Phi) is 5.53. The minimum absolute atomic E-state index is 0.136. The molecule has 0 N–H and O–H groups in total. The van der Waals surface area contributed by atoms with E-state index in [1.54, 1.807) is 18.2 Å². The quantitative estimate of drug-likeness (QED) is 0.404. The maximum atomic E-state index is 13.5. The molecule has 1 aliphatic carbocycles. The van der Waals surface area contributed by atoms with Crippen LogP contribution in [0.25, 0.3) is 21.3 Å². The second-order valence-corrected chi connectivity index (χ2v) is 12.9. The highest BCUT2D eigenvalue weighted by Gasteiger charge is 2.33. The van der Waals surface area contributed by atoms with Gasteiger partial charge in [0, 0.05) is 37.0 Å². The molecule has 0 spiro atoms. The van der Waals surface area contributed by atoms with Crippen molar-refractivity contribution in [3.8, 4) is 0 Å². The topological polar surface area (TPSA) is 105 Å². The second-order valence-electron chi connectivity index (χ2n) is 9.87. The van der Waals surface area contributed by atoms with Gasteiger partial charge in [-0.25, -0.2) is 23.0 Å². The van der Waals surface area contributed by atoms with E-state index >= 15 is 0 Å². The van der Waals surface area contributed by atoms with Crippen LogP contribution in [0.1, 0.15) is 49.4 Å².